The highest BCUT2D eigenvalue weighted by atomic mass is 32.1. The molecule has 0 unspecified atom stereocenters. The SMILES string of the molecule is COc1cc(/C=N\NC(=O)Cc2ccc(F)cc2)ccc1OCc1csc(C)n1. The Morgan fingerprint density at radius 1 is 1.24 bits per heavy atom. The Kier molecular flexibility index (Phi) is 6.91. The maximum Gasteiger partial charge on any atom is 0.244 e. The fraction of sp³-hybridized carbons (Fsp3) is 0.190. The van der Waals surface area contributed by atoms with Gasteiger partial charge >= 0.3 is 0 Å². The van der Waals surface area contributed by atoms with Gasteiger partial charge in [0, 0.05) is 5.38 Å². The summed E-state index contributed by atoms with van der Waals surface area (Å²) in [6.45, 7) is 2.30. The molecule has 3 rings (SSSR count). The molecule has 0 saturated carbocycles. The Bertz CT molecular complexity index is 1000. The first-order chi connectivity index (χ1) is 14.0. The van der Waals surface area contributed by atoms with Gasteiger partial charge in [-0.25, -0.2) is 14.8 Å². The summed E-state index contributed by atoms with van der Waals surface area (Å²) in [6.07, 6.45) is 1.63. The predicted octanol–water partition coefficient (Wildman–Crippen LogP) is 3.87. The lowest BCUT2D eigenvalue weighted by atomic mass is 10.1. The Morgan fingerprint density at radius 3 is 2.72 bits per heavy atom. The van der Waals surface area contributed by atoms with Gasteiger partial charge in [-0.15, -0.1) is 11.3 Å². The molecular formula is C21H20FN3O3S. The van der Waals surface area contributed by atoms with E-state index in [9.17, 15) is 9.18 Å². The number of ether oxygens (including phenoxy) is 2. The zero-order valence-electron chi connectivity index (χ0n) is 16.0. The number of hydrogen-bond donors (Lipinski definition) is 1. The van der Waals surface area contributed by atoms with Gasteiger partial charge in [-0.1, -0.05) is 12.1 Å². The molecule has 2 aromatic carbocycles. The van der Waals surface area contributed by atoms with E-state index in [1.54, 1.807) is 48.8 Å². The smallest absolute Gasteiger partial charge is 0.244 e. The maximum atomic E-state index is 12.9. The molecule has 6 nitrogen and oxygen atoms in total. The van der Waals surface area contributed by atoms with Gasteiger partial charge in [-0.3, -0.25) is 4.79 Å². The number of benzene rings is 2. The Morgan fingerprint density at radius 2 is 2.03 bits per heavy atom. The van der Waals surface area contributed by atoms with Gasteiger partial charge in [0.1, 0.15) is 12.4 Å². The van der Waals surface area contributed by atoms with Crippen LogP contribution in [0.3, 0.4) is 0 Å². The van der Waals surface area contributed by atoms with Gasteiger partial charge in [0.25, 0.3) is 0 Å². The summed E-state index contributed by atoms with van der Waals surface area (Å²) >= 11 is 1.57. The van der Waals surface area contributed by atoms with Crippen molar-refractivity contribution in [1.82, 2.24) is 10.4 Å². The van der Waals surface area contributed by atoms with E-state index in [1.807, 2.05) is 12.3 Å². The number of amides is 1. The molecule has 0 bridgehead atoms. The highest BCUT2D eigenvalue weighted by Crippen LogP contribution is 2.28. The van der Waals surface area contributed by atoms with Crippen LogP contribution < -0.4 is 14.9 Å². The van der Waals surface area contributed by atoms with Gasteiger partial charge in [0.15, 0.2) is 11.5 Å². The lowest BCUT2D eigenvalue weighted by molar-refractivity contribution is -0.120. The van der Waals surface area contributed by atoms with Crippen molar-refractivity contribution in [2.75, 3.05) is 7.11 Å². The van der Waals surface area contributed by atoms with Crippen molar-refractivity contribution >= 4 is 23.5 Å². The second-order valence-corrected chi connectivity index (χ2v) is 7.22. The number of halogens is 1. The minimum absolute atomic E-state index is 0.115. The van der Waals surface area contributed by atoms with E-state index in [-0.39, 0.29) is 18.1 Å². The molecule has 8 heteroatoms. The van der Waals surface area contributed by atoms with E-state index in [4.69, 9.17) is 9.47 Å². The first-order valence-electron chi connectivity index (χ1n) is 8.81. The van der Waals surface area contributed by atoms with Crippen LogP contribution in [0.15, 0.2) is 52.9 Å². The molecule has 0 atom stereocenters. The fourth-order valence-electron chi connectivity index (χ4n) is 2.52. The molecule has 1 amide bonds. The first-order valence-corrected chi connectivity index (χ1v) is 9.69. The number of methoxy groups -OCH3 is 1. The number of rotatable bonds is 8. The van der Waals surface area contributed by atoms with E-state index in [0.717, 1.165) is 16.3 Å². The van der Waals surface area contributed by atoms with E-state index in [1.165, 1.54) is 18.3 Å². The number of thiazole rings is 1. The van der Waals surface area contributed by atoms with Crippen LogP contribution in [0.2, 0.25) is 0 Å². The minimum Gasteiger partial charge on any atom is -0.493 e. The number of nitrogens with one attached hydrogen (secondary N) is 1. The molecule has 0 fully saturated rings. The van der Waals surface area contributed by atoms with Crippen LogP contribution in [0.5, 0.6) is 11.5 Å². The summed E-state index contributed by atoms with van der Waals surface area (Å²) in [5, 5.41) is 6.90. The number of hydrogen-bond acceptors (Lipinski definition) is 6. The molecule has 0 aliphatic heterocycles. The normalized spacial score (nSPS) is 10.9. The zero-order valence-corrected chi connectivity index (χ0v) is 16.8. The third kappa shape index (κ3) is 6.11. The molecule has 0 radical (unpaired) electrons. The van der Waals surface area contributed by atoms with Crippen LogP contribution in [0, 0.1) is 12.7 Å². The molecule has 3 aromatic rings. The molecule has 1 heterocycles. The molecule has 1 N–H and O–H groups in total. The van der Waals surface area contributed by atoms with Crippen LogP contribution in [0.1, 0.15) is 21.8 Å². The molecule has 0 spiro atoms. The second kappa shape index (κ2) is 9.79. The standard InChI is InChI=1S/C21H20FN3O3S/c1-14-24-18(13-29-14)12-28-19-8-5-16(9-20(19)27-2)11-23-25-21(26)10-15-3-6-17(22)7-4-15/h3-9,11,13H,10,12H2,1-2H3,(H,25,26)/b23-11-. The number of carbonyl (C=O) groups excluding carboxylic acids is 1. The summed E-state index contributed by atoms with van der Waals surface area (Å²) in [6, 6.07) is 11.1. The molecule has 0 aliphatic rings. The highest BCUT2D eigenvalue weighted by Gasteiger charge is 2.07. The molecule has 1 aromatic heterocycles. The van der Waals surface area contributed by atoms with Crippen molar-refractivity contribution in [1.29, 1.82) is 0 Å². The van der Waals surface area contributed by atoms with Crippen molar-refractivity contribution in [2.45, 2.75) is 20.0 Å². The summed E-state index contributed by atoms with van der Waals surface area (Å²) < 4.78 is 24.0. The molecule has 150 valence electrons. The van der Waals surface area contributed by atoms with Crippen LogP contribution in [0.25, 0.3) is 0 Å². The van der Waals surface area contributed by atoms with Crippen LogP contribution in [-0.4, -0.2) is 24.2 Å². The van der Waals surface area contributed by atoms with Gasteiger partial charge < -0.3 is 9.47 Å². The van der Waals surface area contributed by atoms with E-state index >= 15 is 0 Å². The van der Waals surface area contributed by atoms with Crippen LogP contribution in [-0.2, 0) is 17.8 Å². The van der Waals surface area contributed by atoms with Gasteiger partial charge in [0.2, 0.25) is 5.91 Å². The van der Waals surface area contributed by atoms with Gasteiger partial charge in [0.05, 0.1) is 30.4 Å². The number of carbonyl (C=O) groups is 1. The summed E-state index contributed by atoms with van der Waals surface area (Å²) in [5.74, 6) is 0.516. The predicted molar refractivity (Wildman–Crippen MR) is 110 cm³/mol. The van der Waals surface area contributed by atoms with Gasteiger partial charge in [-0.05, 0) is 48.4 Å². The first kappa shape index (κ1) is 20.5. The maximum absolute atomic E-state index is 12.9. The third-order valence-corrected chi connectivity index (χ3v) is 4.73. The molecule has 0 saturated heterocycles. The van der Waals surface area contributed by atoms with E-state index in [0.29, 0.717) is 23.7 Å². The lowest BCUT2D eigenvalue weighted by Crippen LogP contribution is -2.19. The summed E-state index contributed by atoms with van der Waals surface area (Å²) in [4.78, 5) is 16.3. The number of nitrogens with zero attached hydrogens (tertiary/aromatic N) is 2. The topological polar surface area (TPSA) is 72.8 Å². The fourth-order valence-corrected chi connectivity index (χ4v) is 3.11. The zero-order chi connectivity index (χ0) is 20.6. The number of hydrazone groups is 1. The van der Waals surface area contributed by atoms with Gasteiger partial charge in [-0.2, -0.15) is 5.10 Å². The quantitative estimate of drug-likeness (QED) is 0.449. The molecule has 29 heavy (non-hydrogen) atoms. The third-order valence-electron chi connectivity index (χ3n) is 3.91. The largest absolute Gasteiger partial charge is 0.493 e. The summed E-state index contributed by atoms with van der Waals surface area (Å²) in [7, 11) is 1.56. The van der Waals surface area contributed by atoms with Crippen molar-refractivity contribution in [2.24, 2.45) is 5.10 Å². The lowest BCUT2D eigenvalue weighted by Gasteiger charge is -2.10. The highest BCUT2D eigenvalue weighted by molar-refractivity contribution is 7.09. The second-order valence-electron chi connectivity index (χ2n) is 6.15. The average molecular weight is 413 g/mol. The number of aromatic nitrogens is 1. The Balaban J connectivity index is 1.55. The summed E-state index contributed by atoms with van der Waals surface area (Å²) in [5.41, 5.74) is 4.76. The van der Waals surface area contributed by atoms with E-state index in [2.05, 4.69) is 15.5 Å². The Labute approximate surface area is 172 Å². The molecular weight excluding hydrogens is 393 g/mol. The van der Waals surface area contributed by atoms with Crippen molar-refractivity contribution in [3.8, 4) is 11.5 Å². The van der Waals surface area contributed by atoms with Crippen LogP contribution in [0.4, 0.5) is 4.39 Å². The Hall–Kier alpha value is -3.26. The van der Waals surface area contributed by atoms with E-state index < -0.39 is 0 Å². The number of aryl methyl sites for hydroxylation is 1. The average Bonchev–Trinajstić information content (AvgIpc) is 3.13. The molecule has 0 aliphatic carbocycles. The monoisotopic (exact) mass is 413 g/mol. The van der Waals surface area contributed by atoms with Crippen LogP contribution >= 0.6 is 11.3 Å². The minimum atomic E-state index is -0.338. The van der Waals surface area contributed by atoms with Crippen molar-refractivity contribution < 1.29 is 18.7 Å². The van der Waals surface area contributed by atoms with Crippen molar-refractivity contribution in [3.05, 3.63) is 75.5 Å². The van der Waals surface area contributed by atoms with Crippen molar-refractivity contribution in [3.63, 3.8) is 0 Å².